The third kappa shape index (κ3) is 4.48. The van der Waals surface area contributed by atoms with Gasteiger partial charge in [-0.25, -0.2) is 23.7 Å². The van der Waals surface area contributed by atoms with Gasteiger partial charge >= 0.3 is 6.61 Å². The minimum Gasteiger partial charge on any atom is -0.415 e. The molecule has 0 spiro atoms. The quantitative estimate of drug-likeness (QED) is 0.686. The monoisotopic (exact) mass is 443 g/mol. The molecule has 0 saturated carbocycles. The average molecular weight is 443 g/mol. The van der Waals surface area contributed by atoms with Crippen molar-refractivity contribution in [3.8, 4) is 5.88 Å². The largest absolute Gasteiger partial charge is 0.415 e. The van der Waals surface area contributed by atoms with Crippen molar-refractivity contribution in [2.24, 2.45) is 10.7 Å². The molecule has 0 bridgehead atoms. The van der Waals surface area contributed by atoms with Gasteiger partial charge in [-0.15, -0.1) is 0 Å². The van der Waals surface area contributed by atoms with Crippen LogP contribution in [0.3, 0.4) is 0 Å². The number of thioether (sulfide) groups is 1. The van der Waals surface area contributed by atoms with Crippen molar-refractivity contribution < 1.29 is 27.1 Å². The van der Waals surface area contributed by atoms with Crippen LogP contribution in [0.15, 0.2) is 35.6 Å². The molecule has 12 heteroatoms. The molecule has 1 aromatic carbocycles. The number of nitrogens with zero attached hydrogens (tertiary/aromatic N) is 3. The standard InChI is InChI=1S/C18H17F4N5O2S/c1-8-14(20)18(2,27-17(23)30-8)10-5-9(3-4-11(10)19)26-15(28)12-6-25-13(7-24-12)29-16(21)22/h3-8,14,16H,1-2H3,(H2,23,27)(H,26,28)/t8-,14+,18-/m1/s1. The Bertz CT molecular complexity index is 976. The van der Waals surface area contributed by atoms with E-state index in [2.05, 4.69) is 25.0 Å². The zero-order valence-corrected chi connectivity index (χ0v) is 16.6. The molecule has 160 valence electrons. The lowest BCUT2D eigenvalue weighted by Crippen LogP contribution is -2.44. The summed E-state index contributed by atoms with van der Waals surface area (Å²) in [6.07, 6.45) is 0.287. The lowest BCUT2D eigenvalue weighted by Gasteiger charge is -2.37. The van der Waals surface area contributed by atoms with Gasteiger partial charge in [-0.05, 0) is 32.0 Å². The van der Waals surface area contributed by atoms with Gasteiger partial charge in [0.1, 0.15) is 23.2 Å². The van der Waals surface area contributed by atoms with Gasteiger partial charge in [0.25, 0.3) is 5.91 Å². The highest BCUT2D eigenvalue weighted by Crippen LogP contribution is 2.42. The Morgan fingerprint density at radius 3 is 2.70 bits per heavy atom. The zero-order chi connectivity index (χ0) is 22.1. The average Bonchev–Trinajstić information content (AvgIpc) is 2.67. The summed E-state index contributed by atoms with van der Waals surface area (Å²) in [4.78, 5) is 23.7. The molecule has 3 N–H and O–H groups in total. The van der Waals surface area contributed by atoms with Crippen LogP contribution in [0.5, 0.6) is 5.88 Å². The fourth-order valence-electron chi connectivity index (χ4n) is 3.00. The predicted octanol–water partition coefficient (Wildman–Crippen LogP) is 3.47. The molecule has 2 aromatic rings. The van der Waals surface area contributed by atoms with Crippen LogP contribution in [-0.4, -0.2) is 39.1 Å². The van der Waals surface area contributed by atoms with E-state index < -0.39 is 41.2 Å². The Morgan fingerprint density at radius 2 is 2.07 bits per heavy atom. The molecule has 1 aromatic heterocycles. The Morgan fingerprint density at radius 1 is 1.33 bits per heavy atom. The number of amidine groups is 1. The fraction of sp³-hybridized carbons (Fsp3) is 0.333. The van der Waals surface area contributed by atoms with Gasteiger partial charge in [-0.1, -0.05) is 11.8 Å². The first-order valence-electron chi connectivity index (χ1n) is 8.64. The van der Waals surface area contributed by atoms with Crippen LogP contribution in [0.4, 0.5) is 23.2 Å². The number of amides is 1. The molecule has 0 unspecified atom stereocenters. The van der Waals surface area contributed by atoms with Crippen LogP contribution >= 0.6 is 11.8 Å². The van der Waals surface area contributed by atoms with E-state index >= 15 is 0 Å². The second kappa shape index (κ2) is 8.46. The Kier molecular flexibility index (Phi) is 6.15. The first-order valence-corrected chi connectivity index (χ1v) is 9.52. The van der Waals surface area contributed by atoms with Crippen molar-refractivity contribution in [2.75, 3.05) is 5.32 Å². The number of carbonyl (C=O) groups excluding carboxylic acids is 1. The van der Waals surface area contributed by atoms with Gasteiger partial charge < -0.3 is 15.8 Å². The number of hydrogen-bond donors (Lipinski definition) is 2. The Labute approximate surface area is 173 Å². The van der Waals surface area contributed by atoms with Crippen molar-refractivity contribution in [2.45, 2.75) is 37.4 Å². The number of anilines is 1. The van der Waals surface area contributed by atoms with E-state index in [9.17, 15) is 22.4 Å². The lowest BCUT2D eigenvalue weighted by atomic mass is 9.85. The Hall–Kier alpha value is -2.89. The maximum atomic E-state index is 14.9. The maximum absolute atomic E-state index is 14.9. The van der Waals surface area contributed by atoms with Crippen molar-refractivity contribution in [1.29, 1.82) is 0 Å². The number of rotatable bonds is 5. The highest BCUT2D eigenvalue weighted by Gasteiger charge is 2.45. The summed E-state index contributed by atoms with van der Waals surface area (Å²) in [5.41, 5.74) is 4.08. The molecular weight excluding hydrogens is 426 g/mol. The topological polar surface area (TPSA) is 102 Å². The number of alkyl halides is 3. The second-order valence-electron chi connectivity index (χ2n) is 6.59. The zero-order valence-electron chi connectivity index (χ0n) is 15.8. The first kappa shape index (κ1) is 21.8. The van der Waals surface area contributed by atoms with E-state index in [4.69, 9.17) is 5.73 Å². The molecular formula is C18H17F4N5O2S. The number of nitrogens with two attached hydrogens (primary N) is 1. The van der Waals surface area contributed by atoms with E-state index in [1.165, 1.54) is 19.1 Å². The molecule has 0 aliphatic carbocycles. The number of nitrogens with one attached hydrogen (secondary N) is 1. The molecule has 2 heterocycles. The molecule has 0 radical (unpaired) electrons. The summed E-state index contributed by atoms with van der Waals surface area (Å²) in [6, 6.07) is 3.62. The summed E-state index contributed by atoms with van der Waals surface area (Å²) in [5, 5.41) is 2.06. The Balaban J connectivity index is 1.85. The van der Waals surface area contributed by atoms with Gasteiger partial charge in [0.15, 0.2) is 5.17 Å². The molecule has 7 nitrogen and oxygen atoms in total. The fourth-order valence-corrected chi connectivity index (χ4v) is 4.01. The molecule has 0 saturated heterocycles. The number of aliphatic imine (C=N–C) groups is 1. The summed E-state index contributed by atoms with van der Waals surface area (Å²) < 4.78 is 57.8. The lowest BCUT2D eigenvalue weighted by molar-refractivity contribution is -0.0531. The molecule has 1 amide bonds. The number of ether oxygens (including phenoxy) is 1. The van der Waals surface area contributed by atoms with E-state index in [1.54, 1.807) is 6.92 Å². The minimum atomic E-state index is -3.07. The van der Waals surface area contributed by atoms with Crippen LogP contribution in [-0.2, 0) is 5.54 Å². The normalized spacial score (nSPS) is 23.8. The van der Waals surface area contributed by atoms with Crippen LogP contribution in [0, 0.1) is 5.82 Å². The molecule has 1 aliphatic rings. The third-order valence-electron chi connectivity index (χ3n) is 4.44. The smallest absolute Gasteiger partial charge is 0.388 e. The van der Waals surface area contributed by atoms with Gasteiger partial charge in [-0.3, -0.25) is 4.79 Å². The van der Waals surface area contributed by atoms with Crippen LogP contribution in [0.1, 0.15) is 29.9 Å². The van der Waals surface area contributed by atoms with E-state index in [-0.39, 0.29) is 22.1 Å². The number of carbonyl (C=O) groups is 1. The number of benzene rings is 1. The third-order valence-corrected chi connectivity index (χ3v) is 5.38. The number of hydrogen-bond acceptors (Lipinski definition) is 7. The van der Waals surface area contributed by atoms with Gasteiger partial charge in [0.2, 0.25) is 5.88 Å². The van der Waals surface area contributed by atoms with E-state index in [0.717, 1.165) is 30.2 Å². The predicted molar refractivity (Wildman–Crippen MR) is 104 cm³/mol. The molecule has 3 rings (SSSR count). The summed E-state index contributed by atoms with van der Waals surface area (Å²) >= 11 is 1.06. The SMILES string of the molecule is C[C@H]1SC(N)=N[C@](C)(c2cc(NC(=O)c3cnc(OC(F)F)cn3)ccc2F)[C@H]1F. The molecule has 1 aliphatic heterocycles. The van der Waals surface area contributed by atoms with Gasteiger partial charge in [-0.2, -0.15) is 8.78 Å². The molecule has 0 fully saturated rings. The molecule has 30 heavy (non-hydrogen) atoms. The first-order chi connectivity index (χ1) is 14.1. The molecule has 3 atom stereocenters. The number of halogens is 4. The summed E-state index contributed by atoms with van der Waals surface area (Å²) in [5.74, 6) is -1.89. The highest BCUT2D eigenvalue weighted by atomic mass is 32.2. The maximum Gasteiger partial charge on any atom is 0.388 e. The van der Waals surface area contributed by atoms with Crippen molar-refractivity contribution in [1.82, 2.24) is 9.97 Å². The summed E-state index contributed by atoms with van der Waals surface area (Å²) in [6.45, 7) is -0.0219. The van der Waals surface area contributed by atoms with E-state index in [0.29, 0.717) is 0 Å². The van der Waals surface area contributed by atoms with Crippen molar-refractivity contribution >= 4 is 28.5 Å². The van der Waals surface area contributed by atoms with Crippen molar-refractivity contribution in [3.63, 3.8) is 0 Å². The van der Waals surface area contributed by atoms with Crippen LogP contribution in [0.2, 0.25) is 0 Å². The van der Waals surface area contributed by atoms with Crippen LogP contribution < -0.4 is 15.8 Å². The van der Waals surface area contributed by atoms with Crippen molar-refractivity contribution in [3.05, 3.63) is 47.7 Å². The van der Waals surface area contributed by atoms with Gasteiger partial charge in [0, 0.05) is 16.5 Å². The van der Waals surface area contributed by atoms with E-state index in [1.807, 2.05) is 0 Å². The highest BCUT2D eigenvalue weighted by molar-refractivity contribution is 8.14. The summed E-state index contributed by atoms with van der Waals surface area (Å²) in [7, 11) is 0. The van der Waals surface area contributed by atoms with Crippen LogP contribution in [0.25, 0.3) is 0 Å². The number of aromatic nitrogens is 2. The second-order valence-corrected chi connectivity index (χ2v) is 7.99. The minimum absolute atomic E-state index is 0.0744. The van der Waals surface area contributed by atoms with Gasteiger partial charge in [0.05, 0.1) is 12.4 Å².